The zero-order valence-corrected chi connectivity index (χ0v) is 15.4. The Balaban J connectivity index is 0.00000144. The average Bonchev–Trinajstić information content (AvgIpc) is 3.35. The van der Waals surface area contributed by atoms with E-state index in [1.807, 2.05) is 25.1 Å². The van der Waals surface area contributed by atoms with Gasteiger partial charge in [0, 0.05) is 23.7 Å². The molecule has 1 atom stereocenters. The van der Waals surface area contributed by atoms with E-state index in [1.165, 1.54) is 12.8 Å². The summed E-state index contributed by atoms with van der Waals surface area (Å²) in [4.78, 5) is 17.0. The molecule has 3 N–H and O–H groups in total. The van der Waals surface area contributed by atoms with Gasteiger partial charge in [-0.15, -0.1) is 24.8 Å². The second-order valence-corrected chi connectivity index (χ2v) is 5.91. The van der Waals surface area contributed by atoms with Crippen LogP contribution in [0.2, 0.25) is 0 Å². The van der Waals surface area contributed by atoms with Crippen LogP contribution < -0.4 is 15.8 Å². The number of fused-ring (bicyclic) bond motifs is 1. The lowest BCUT2D eigenvalue weighted by Gasteiger charge is -2.13. The van der Waals surface area contributed by atoms with Crippen LogP contribution in [0.15, 0.2) is 24.3 Å². The molecule has 3 rings (SSSR count). The molecule has 7 heteroatoms. The minimum Gasteiger partial charge on any atom is -0.497 e. The SMILES string of the molecule is COc1ccc2nc(C)cc(C(=O)NCC(N)C3CC3)c2c1.Cl.Cl. The standard InChI is InChI=1S/C17H21N3O2.2ClH/c1-10-7-14(17(21)19-9-15(18)11-3-4-11)13-8-12(22-2)5-6-16(13)20-10;;/h5-8,11,15H,3-4,9,18H2,1-2H3,(H,19,21);2*1H. The van der Waals surface area contributed by atoms with Crippen molar-refractivity contribution in [2.24, 2.45) is 11.7 Å². The smallest absolute Gasteiger partial charge is 0.252 e. The maximum Gasteiger partial charge on any atom is 0.252 e. The minimum atomic E-state index is -0.111. The van der Waals surface area contributed by atoms with Crippen molar-refractivity contribution in [3.05, 3.63) is 35.5 Å². The number of nitrogens with zero attached hydrogens (tertiary/aromatic N) is 1. The van der Waals surface area contributed by atoms with E-state index in [1.54, 1.807) is 13.2 Å². The molecule has 1 aliphatic carbocycles. The Morgan fingerprint density at radius 1 is 1.38 bits per heavy atom. The molecule has 0 saturated heterocycles. The van der Waals surface area contributed by atoms with Crippen molar-refractivity contribution < 1.29 is 9.53 Å². The van der Waals surface area contributed by atoms with Gasteiger partial charge in [-0.3, -0.25) is 9.78 Å². The molecule has 132 valence electrons. The molecule has 1 aromatic heterocycles. The number of methoxy groups -OCH3 is 1. The summed E-state index contributed by atoms with van der Waals surface area (Å²) < 4.78 is 5.25. The van der Waals surface area contributed by atoms with Gasteiger partial charge in [-0.2, -0.15) is 0 Å². The summed E-state index contributed by atoms with van der Waals surface area (Å²) in [6, 6.07) is 7.41. The molecular formula is C17H23Cl2N3O2. The van der Waals surface area contributed by atoms with Gasteiger partial charge in [0.15, 0.2) is 0 Å². The van der Waals surface area contributed by atoms with E-state index in [2.05, 4.69) is 10.3 Å². The Hall–Kier alpha value is -1.56. The quantitative estimate of drug-likeness (QED) is 0.846. The number of hydrogen-bond acceptors (Lipinski definition) is 4. The topological polar surface area (TPSA) is 77.2 Å². The molecule has 0 aliphatic heterocycles. The van der Waals surface area contributed by atoms with Crippen LogP contribution in [-0.4, -0.2) is 30.6 Å². The first-order chi connectivity index (χ1) is 10.6. The predicted octanol–water partition coefficient (Wildman–Crippen LogP) is 2.86. The number of ether oxygens (including phenoxy) is 1. The first-order valence-corrected chi connectivity index (χ1v) is 7.57. The third kappa shape index (κ3) is 4.50. The summed E-state index contributed by atoms with van der Waals surface area (Å²) in [6.45, 7) is 2.40. The molecule has 5 nitrogen and oxygen atoms in total. The molecule has 2 aromatic rings. The Morgan fingerprint density at radius 2 is 2.08 bits per heavy atom. The summed E-state index contributed by atoms with van der Waals surface area (Å²) in [5, 5.41) is 3.74. The average molecular weight is 372 g/mol. The minimum absolute atomic E-state index is 0. The summed E-state index contributed by atoms with van der Waals surface area (Å²) in [5.41, 5.74) is 8.27. The number of rotatable bonds is 5. The molecular weight excluding hydrogens is 349 g/mol. The van der Waals surface area contributed by atoms with Crippen LogP contribution in [0.25, 0.3) is 10.9 Å². The van der Waals surface area contributed by atoms with E-state index in [4.69, 9.17) is 10.5 Å². The van der Waals surface area contributed by atoms with Crippen LogP contribution in [0.5, 0.6) is 5.75 Å². The Kier molecular flexibility index (Phi) is 7.27. The first-order valence-electron chi connectivity index (χ1n) is 7.57. The highest BCUT2D eigenvalue weighted by atomic mass is 35.5. The number of nitrogens with one attached hydrogen (secondary N) is 1. The number of hydrogen-bond donors (Lipinski definition) is 2. The summed E-state index contributed by atoms with van der Waals surface area (Å²) in [6.07, 6.45) is 2.34. The number of benzene rings is 1. The Labute approximate surface area is 154 Å². The highest BCUT2D eigenvalue weighted by Gasteiger charge is 2.28. The maximum atomic E-state index is 12.5. The van der Waals surface area contributed by atoms with Crippen molar-refractivity contribution >= 4 is 41.6 Å². The van der Waals surface area contributed by atoms with E-state index in [9.17, 15) is 4.79 Å². The number of aromatic nitrogens is 1. The third-order valence-electron chi connectivity index (χ3n) is 4.11. The monoisotopic (exact) mass is 371 g/mol. The van der Waals surface area contributed by atoms with Crippen molar-refractivity contribution in [2.75, 3.05) is 13.7 Å². The van der Waals surface area contributed by atoms with Gasteiger partial charge in [-0.05, 0) is 49.9 Å². The molecule has 0 bridgehead atoms. The van der Waals surface area contributed by atoms with E-state index in [-0.39, 0.29) is 36.8 Å². The van der Waals surface area contributed by atoms with E-state index < -0.39 is 0 Å². The van der Waals surface area contributed by atoms with E-state index in [0.29, 0.717) is 23.8 Å². The van der Waals surface area contributed by atoms with E-state index >= 15 is 0 Å². The molecule has 0 spiro atoms. The summed E-state index contributed by atoms with van der Waals surface area (Å²) in [7, 11) is 1.61. The fourth-order valence-corrected chi connectivity index (χ4v) is 2.65. The van der Waals surface area contributed by atoms with Crippen LogP contribution in [0.1, 0.15) is 28.9 Å². The van der Waals surface area contributed by atoms with Gasteiger partial charge < -0.3 is 15.8 Å². The third-order valence-corrected chi connectivity index (χ3v) is 4.11. The second-order valence-electron chi connectivity index (χ2n) is 5.91. The molecule has 1 saturated carbocycles. The number of aryl methyl sites for hydroxylation is 1. The fraction of sp³-hybridized carbons (Fsp3) is 0.412. The number of pyridine rings is 1. The maximum absolute atomic E-state index is 12.5. The van der Waals surface area contributed by atoms with Crippen molar-refractivity contribution in [1.82, 2.24) is 10.3 Å². The normalized spacial score (nSPS) is 14.3. The number of halogens is 2. The lowest BCUT2D eigenvalue weighted by atomic mass is 10.1. The fourth-order valence-electron chi connectivity index (χ4n) is 2.65. The van der Waals surface area contributed by atoms with Crippen molar-refractivity contribution in [3.8, 4) is 5.75 Å². The van der Waals surface area contributed by atoms with Gasteiger partial charge >= 0.3 is 0 Å². The van der Waals surface area contributed by atoms with Crippen molar-refractivity contribution in [3.63, 3.8) is 0 Å². The largest absolute Gasteiger partial charge is 0.497 e. The molecule has 1 amide bonds. The van der Waals surface area contributed by atoms with Gasteiger partial charge in [-0.25, -0.2) is 0 Å². The molecule has 1 aliphatic rings. The Bertz CT molecular complexity index is 720. The number of amides is 1. The Morgan fingerprint density at radius 3 is 2.71 bits per heavy atom. The highest BCUT2D eigenvalue weighted by Crippen LogP contribution is 2.31. The van der Waals surface area contributed by atoms with Crippen LogP contribution >= 0.6 is 24.8 Å². The van der Waals surface area contributed by atoms with Crippen molar-refractivity contribution in [1.29, 1.82) is 0 Å². The number of carbonyl (C=O) groups is 1. The van der Waals surface area contributed by atoms with Crippen molar-refractivity contribution in [2.45, 2.75) is 25.8 Å². The van der Waals surface area contributed by atoms with Gasteiger partial charge in [-0.1, -0.05) is 0 Å². The molecule has 1 heterocycles. The van der Waals surface area contributed by atoms with Crippen LogP contribution in [0, 0.1) is 12.8 Å². The van der Waals surface area contributed by atoms with Gasteiger partial charge in [0.25, 0.3) is 5.91 Å². The molecule has 1 aromatic carbocycles. The van der Waals surface area contributed by atoms with Crippen LogP contribution in [0.3, 0.4) is 0 Å². The number of nitrogens with two attached hydrogens (primary N) is 1. The molecule has 1 fully saturated rings. The van der Waals surface area contributed by atoms with Crippen LogP contribution in [0.4, 0.5) is 0 Å². The number of carbonyl (C=O) groups excluding carboxylic acids is 1. The lowest BCUT2D eigenvalue weighted by molar-refractivity contribution is 0.0952. The van der Waals surface area contributed by atoms with Gasteiger partial charge in [0.05, 0.1) is 18.2 Å². The van der Waals surface area contributed by atoms with Crippen LogP contribution in [-0.2, 0) is 0 Å². The lowest BCUT2D eigenvalue weighted by Crippen LogP contribution is -2.38. The second kappa shape index (κ2) is 8.51. The zero-order chi connectivity index (χ0) is 15.7. The summed E-state index contributed by atoms with van der Waals surface area (Å²) in [5.74, 6) is 1.16. The molecule has 24 heavy (non-hydrogen) atoms. The van der Waals surface area contributed by atoms with Gasteiger partial charge in [0.1, 0.15) is 5.75 Å². The van der Waals surface area contributed by atoms with E-state index in [0.717, 1.165) is 16.6 Å². The summed E-state index contributed by atoms with van der Waals surface area (Å²) >= 11 is 0. The first kappa shape index (κ1) is 20.5. The predicted molar refractivity (Wildman–Crippen MR) is 101 cm³/mol. The highest BCUT2D eigenvalue weighted by molar-refractivity contribution is 6.06. The molecule has 1 unspecified atom stereocenters. The molecule has 0 radical (unpaired) electrons. The van der Waals surface area contributed by atoms with Gasteiger partial charge in [0.2, 0.25) is 0 Å². The zero-order valence-electron chi connectivity index (χ0n) is 13.7.